The maximum Gasteiger partial charge on any atom is 0.0221 e. The normalized spacial score (nSPS) is 30.7. The van der Waals surface area contributed by atoms with Gasteiger partial charge in [-0.15, -0.1) is 0 Å². The van der Waals surface area contributed by atoms with Crippen molar-refractivity contribution in [2.75, 3.05) is 26.2 Å². The number of hydrogen-bond acceptors (Lipinski definition) is 2. The van der Waals surface area contributed by atoms with E-state index >= 15 is 0 Å². The monoisotopic (exact) mass is 182 g/mol. The highest BCUT2D eigenvalue weighted by Crippen LogP contribution is 2.30. The van der Waals surface area contributed by atoms with Gasteiger partial charge < -0.3 is 5.32 Å². The van der Waals surface area contributed by atoms with Crippen molar-refractivity contribution in [3.05, 3.63) is 0 Å². The maximum atomic E-state index is 3.50. The smallest absolute Gasteiger partial charge is 0.0221 e. The first-order chi connectivity index (χ1) is 6.40. The van der Waals surface area contributed by atoms with Gasteiger partial charge in [0, 0.05) is 32.2 Å². The molecule has 1 aliphatic carbocycles. The predicted molar refractivity (Wildman–Crippen MR) is 55.9 cm³/mol. The summed E-state index contributed by atoms with van der Waals surface area (Å²) in [5.41, 5.74) is 0. The topological polar surface area (TPSA) is 15.3 Å². The summed E-state index contributed by atoms with van der Waals surface area (Å²) in [5.74, 6) is 1.05. The largest absolute Gasteiger partial charge is 0.314 e. The minimum absolute atomic E-state index is 0.833. The van der Waals surface area contributed by atoms with Gasteiger partial charge >= 0.3 is 0 Å². The third-order valence-corrected chi connectivity index (χ3v) is 3.28. The van der Waals surface area contributed by atoms with E-state index in [0.717, 1.165) is 12.0 Å². The Bertz CT molecular complexity index is 152. The number of nitrogens with zero attached hydrogens (tertiary/aromatic N) is 1. The molecule has 1 unspecified atom stereocenters. The second-order valence-corrected chi connectivity index (χ2v) is 4.58. The predicted octanol–water partition coefficient (Wildman–Crippen LogP) is 1.47. The Hall–Kier alpha value is -0.0800. The van der Waals surface area contributed by atoms with Gasteiger partial charge in [0.05, 0.1) is 0 Å². The lowest BCUT2D eigenvalue weighted by Gasteiger charge is -2.36. The number of nitrogens with one attached hydrogen (secondary N) is 1. The molecule has 1 heterocycles. The fraction of sp³-hybridized carbons (Fsp3) is 1.00. The van der Waals surface area contributed by atoms with Crippen LogP contribution in [0, 0.1) is 5.92 Å². The highest BCUT2D eigenvalue weighted by atomic mass is 15.2. The summed E-state index contributed by atoms with van der Waals surface area (Å²) in [5, 5.41) is 3.50. The molecule has 0 radical (unpaired) electrons. The van der Waals surface area contributed by atoms with Gasteiger partial charge in [-0.1, -0.05) is 13.3 Å². The first kappa shape index (κ1) is 9.47. The van der Waals surface area contributed by atoms with Gasteiger partial charge in [0.2, 0.25) is 0 Å². The Balaban J connectivity index is 1.79. The van der Waals surface area contributed by atoms with Crippen LogP contribution in [-0.4, -0.2) is 37.1 Å². The second-order valence-electron chi connectivity index (χ2n) is 4.58. The fourth-order valence-electron chi connectivity index (χ4n) is 2.29. The van der Waals surface area contributed by atoms with E-state index in [4.69, 9.17) is 0 Å². The highest BCUT2D eigenvalue weighted by Gasteiger charge is 2.28. The molecule has 2 rings (SSSR count). The van der Waals surface area contributed by atoms with Gasteiger partial charge in [-0.05, 0) is 25.2 Å². The average molecular weight is 182 g/mol. The van der Waals surface area contributed by atoms with Crippen LogP contribution in [0.15, 0.2) is 0 Å². The molecule has 1 N–H and O–H groups in total. The van der Waals surface area contributed by atoms with E-state index in [1.165, 1.54) is 51.9 Å². The SMILES string of the molecule is CCCC1CNCCN1CC1CC1. The van der Waals surface area contributed by atoms with Gasteiger partial charge in [0.25, 0.3) is 0 Å². The third-order valence-electron chi connectivity index (χ3n) is 3.28. The second kappa shape index (κ2) is 4.43. The van der Waals surface area contributed by atoms with Gasteiger partial charge in [0.15, 0.2) is 0 Å². The lowest BCUT2D eigenvalue weighted by Crippen LogP contribution is -2.51. The molecule has 1 atom stereocenters. The van der Waals surface area contributed by atoms with E-state index in [1.807, 2.05) is 0 Å². The molecule has 1 saturated carbocycles. The molecule has 0 aromatic rings. The molecule has 76 valence electrons. The third kappa shape index (κ3) is 2.68. The zero-order valence-electron chi connectivity index (χ0n) is 8.76. The molecular weight excluding hydrogens is 160 g/mol. The van der Waals surface area contributed by atoms with E-state index < -0.39 is 0 Å². The number of piperazine rings is 1. The molecule has 0 spiro atoms. The molecule has 0 aromatic heterocycles. The van der Waals surface area contributed by atoms with Gasteiger partial charge in [0.1, 0.15) is 0 Å². The quantitative estimate of drug-likeness (QED) is 0.708. The Labute approximate surface area is 81.7 Å². The van der Waals surface area contributed by atoms with Crippen LogP contribution in [0.2, 0.25) is 0 Å². The van der Waals surface area contributed by atoms with Crippen LogP contribution >= 0.6 is 0 Å². The van der Waals surface area contributed by atoms with E-state index in [0.29, 0.717) is 0 Å². The molecule has 2 fully saturated rings. The molecule has 2 heteroatoms. The van der Waals surface area contributed by atoms with E-state index in [2.05, 4.69) is 17.1 Å². The number of rotatable bonds is 4. The summed E-state index contributed by atoms with van der Waals surface area (Å²) < 4.78 is 0. The van der Waals surface area contributed by atoms with Crippen LogP contribution in [0.1, 0.15) is 32.6 Å². The van der Waals surface area contributed by atoms with E-state index in [-0.39, 0.29) is 0 Å². The van der Waals surface area contributed by atoms with Crippen LogP contribution < -0.4 is 5.32 Å². The van der Waals surface area contributed by atoms with E-state index in [1.54, 1.807) is 0 Å². The minimum Gasteiger partial charge on any atom is -0.314 e. The van der Waals surface area contributed by atoms with Crippen molar-refractivity contribution in [3.8, 4) is 0 Å². The molecule has 0 amide bonds. The summed E-state index contributed by atoms with van der Waals surface area (Å²) in [7, 11) is 0. The van der Waals surface area contributed by atoms with Crippen LogP contribution in [0.3, 0.4) is 0 Å². The van der Waals surface area contributed by atoms with Crippen LogP contribution in [0.5, 0.6) is 0 Å². The van der Waals surface area contributed by atoms with E-state index in [9.17, 15) is 0 Å². The maximum absolute atomic E-state index is 3.50. The molecule has 1 saturated heterocycles. The first-order valence-electron chi connectivity index (χ1n) is 5.85. The van der Waals surface area contributed by atoms with Crippen molar-refractivity contribution in [3.63, 3.8) is 0 Å². The van der Waals surface area contributed by atoms with Crippen LogP contribution in [0.4, 0.5) is 0 Å². The van der Waals surface area contributed by atoms with Gasteiger partial charge in [-0.25, -0.2) is 0 Å². The molecule has 2 nitrogen and oxygen atoms in total. The van der Waals surface area contributed by atoms with Crippen molar-refractivity contribution in [1.82, 2.24) is 10.2 Å². The van der Waals surface area contributed by atoms with Gasteiger partial charge in [-0.2, -0.15) is 0 Å². The lowest BCUT2D eigenvalue weighted by molar-refractivity contribution is 0.146. The summed E-state index contributed by atoms with van der Waals surface area (Å²) >= 11 is 0. The summed E-state index contributed by atoms with van der Waals surface area (Å²) in [6.07, 6.45) is 5.68. The van der Waals surface area contributed by atoms with Gasteiger partial charge in [-0.3, -0.25) is 4.90 Å². The molecule has 0 bridgehead atoms. The Kier molecular flexibility index (Phi) is 3.23. The zero-order valence-corrected chi connectivity index (χ0v) is 8.76. The van der Waals surface area contributed by atoms with Crippen molar-refractivity contribution < 1.29 is 0 Å². The Morgan fingerprint density at radius 3 is 2.92 bits per heavy atom. The van der Waals surface area contributed by atoms with Crippen LogP contribution in [-0.2, 0) is 0 Å². The average Bonchev–Trinajstić information content (AvgIpc) is 2.93. The summed E-state index contributed by atoms with van der Waals surface area (Å²) in [4.78, 5) is 2.72. The molecule has 13 heavy (non-hydrogen) atoms. The Morgan fingerprint density at radius 1 is 1.38 bits per heavy atom. The van der Waals surface area contributed by atoms with Crippen molar-refractivity contribution in [1.29, 1.82) is 0 Å². The summed E-state index contributed by atoms with van der Waals surface area (Å²) in [6.45, 7) is 7.38. The summed E-state index contributed by atoms with van der Waals surface area (Å²) in [6, 6.07) is 0.833. The Morgan fingerprint density at radius 2 is 2.23 bits per heavy atom. The fourth-order valence-corrected chi connectivity index (χ4v) is 2.29. The number of hydrogen-bond donors (Lipinski definition) is 1. The van der Waals surface area contributed by atoms with Crippen LogP contribution in [0.25, 0.3) is 0 Å². The lowest BCUT2D eigenvalue weighted by atomic mass is 10.1. The minimum atomic E-state index is 0.833. The molecule has 2 aliphatic rings. The molecule has 1 aliphatic heterocycles. The van der Waals surface area contributed by atoms with Crippen molar-refractivity contribution in [2.24, 2.45) is 5.92 Å². The molecule has 0 aromatic carbocycles. The molecular formula is C11H22N2. The standard InChI is InChI=1S/C11H22N2/c1-2-3-11-8-12-6-7-13(11)9-10-4-5-10/h10-12H,2-9H2,1H3. The zero-order chi connectivity index (χ0) is 9.10. The highest BCUT2D eigenvalue weighted by molar-refractivity contribution is 4.84. The van der Waals surface area contributed by atoms with Crippen molar-refractivity contribution >= 4 is 0 Å². The first-order valence-corrected chi connectivity index (χ1v) is 5.85. The van der Waals surface area contributed by atoms with Crippen molar-refractivity contribution in [2.45, 2.75) is 38.6 Å².